The fourth-order valence-electron chi connectivity index (χ4n) is 2.53. The van der Waals surface area contributed by atoms with E-state index in [-0.39, 0.29) is 12.2 Å². The van der Waals surface area contributed by atoms with Crippen LogP contribution in [0.5, 0.6) is 5.75 Å². The van der Waals surface area contributed by atoms with Crippen LogP contribution in [-0.4, -0.2) is 35.8 Å². The lowest BCUT2D eigenvalue weighted by Gasteiger charge is -2.17. The van der Waals surface area contributed by atoms with Crippen molar-refractivity contribution in [2.75, 3.05) is 25.2 Å². The van der Waals surface area contributed by atoms with Gasteiger partial charge in [0, 0.05) is 25.0 Å². The minimum Gasteiger partial charge on any atom is -0.497 e. The van der Waals surface area contributed by atoms with Crippen LogP contribution in [0.1, 0.15) is 17.3 Å². The number of nitrogens with zero attached hydrogens (tertiary/aromatic N) is 3. The molecule has 2 heterocycles. The van der Waals surface area contributed by atoms with E-state index in [0.29, 0.717) is 19.0 Å². The summed E-state index contributed by atoms with van der Waals surface area (Å²) >= 11 is 0. The molecular weight excluding hydrogens is 298 g/mol. The molecule has 120 valence electrons. The smallest absolute Gasteiger partial charge is 0.345 e. The first kappa shape index (κ1) is 15.1. The Bertz CT molecular complexity index is 783. The number of carbonyl (C=O) groups is 1. The molecule has 0 N–H and O–H groups in total. The van der Waals surface area contributed by atoms with E-state index in [2.05, 4.69) is 4.98 Å². The summed E-state index contributed by atoms with van der Waals surface area (Å²) in [6.07, 6.45) is 1.52. The molecule has 0 amide bonds. The first-order valence-corrected chi connectivity index (χ1v) is 7.34. The summed E-state index contributed by atoms with van der Waals surface area (Å²) in [5.74, 6) is 0.646. The van der Waals surface area contributed by atoms with E-state index < -0.39 is 11.5 Å². The van der Waals surface area contributed by atoms with Gasteiger partial charge in [-0.05, 0) is 31.2 Å². The third kappa shape index (κ3) is 2.77. The number of methoxy groups -OCH3 is 1. The number of carbonyl (C=O) groups excluding carboxylic acids is 1. The second-order valence-electron chi connectivity index (χ2n) is 5.02. The molecule has 0 aliphatic carbocycles. The molecular formula is C16H17N3O4. The van der Waals surface area contributed by atoms with Gasteiger partial charge < -0.3 is 18.9 Å². The highest BCUT2D eigenvalue weighted by Crippen LogP contribution is 2.28. The van der Waals surface area contributed by atoms with E-state index >= 15 is 0 Å². The van der Waals surface area contributed by atoms with E-state index in [9.17, 15) is 9.59 Å². The summed E-state index contributed by atoms with van der Waals surface area (Å²) in [6.45, 7) is 3.23. The van der Waals surface area contributed by atoms with Gasteiger partial charge in [0.15, 0.2) is 0 Å². The van der Waals surface area contributed by atoms with Crippen LogP contribution in [0.2, 0.25) is 0 Å². The van der Waals surface area contributed by atoms with Crippen molar-refractivity contribution >= 4 is 17.6 Å². The van der Waals surface area contributed by atoms with Crippen LogP contribution >= 0.6 is 0 Å². The number of esters is 1. The quantitative estimate of drug-likeness (QED) is 0.798. The zero-order chi connectivity index (χ0) is 16.4. The van der Waals surface area contributed by atoms with E-state index in [1.807, 2.05) is 29.2 Å². The number of rotatable bonds is 4. The van der Waals surface area contributed by atoms with E-state index in [1.165, 1.54) is 6.20 Å². The normalized spacial score (nSPS) is 12.9. The Kier molecular flexibility index (Phi) is 4.01. The summed E-state index contributed by atoms with van der Waals surface area (Å²) in [4.78, 5) is 29.9. The molecule has 2 aromatic rings. The van der Waals surface area contributed by atoms with Crippen molar-refractivity contribution in [1.82, 2.24) is 9.55 Å². The van der Waals surface area contributed by atoms with Crippen LogP contribution in [0, 0.1) is 0 Å². The molecule has 0 unspecified atom stereocenters. The zero-order valence-electron chi connectivity index (χ0n) is 13.0. The molecule has 0 saturated carbocycles. The van der Waals surface area contributed by atoms with Crippen LogP contribution in [0.25, 0.3) is 0 Å². The minimum atomic E-state index is -0.636. The SMILES string of the molecule is CCOC(=O)c1cn2c(nc1=O)N(c1ccc(OC)cc1)CC2. The minimum absolute atomic E-state index is 0.0350. The first-order valence-electron chi connectivity index (χ1n) is 7.34. The Labute approximate surface area is 133 Å². The van der Waals surface area contributed by atoms with Gasteiger partial charge in [0.1, 0.15) is 11.3 Å². The van der Waals surface area contributed by atoms with Crippen LogP contribution in [-0.2, 0) is 11.3 Å². The molecule has 1 aliphatic rings. The second kappa shape index (κ2) is 6.12. The number of aromatic nitrogens is 2. The van der Waals surface area contributed by atoms with Gasteiger partial charge in [-0.15, -0.1) is 0 Å². The summed E-state index contributed by atoms with van der Waals surface area (Å²) in [5.41, 5.74) is 0.301. The number of anilines is 2. The molecule has 0 bridgehead atoms. The molecule has 1 aliphatic heterocycles. The van der Waals surface area contributed by atoms with Crippen LogP contribution in [0.3, 0.4) is 0 Å². The molecule has 1 aromatic heterocycles. The maximum absolute atomic E-state index is 12.1. The summed E-state index contributed by atoms with van der Waals surface area (Å²) in [7, 11) is 1.61. The van der Waals surface area contributed by atoms with Gasteiger partial charge in [0.2, 0.25) is 5.95 Å². The predicted molar refractivity (Wildman–Crippen MR) is 84.5 cm³/mol. The van der Waals surface area contributed by atoms with E-state index in [1.54, 1.807) is 18.6 Å². The molecule has 0 spiro atoms. The predicted octanol–water partition coefficient (Wildman–Crippen LogP) is 1.58. The third-order valence-electron chi connectivity index (χ3n) is 3.66. The maximum atomic E-state index is 12.1. The fraction of sp³-hybridized carbons (Fsp3) is 0.312. The van der Waals surface area contributed by atoms with E-state index in [0.717, 1.165) is 11.4 Å². The topological polar surface area (TPSA) is 73.7 Å². The molecule has 0 radical (unpaired) electrons. The second-order valence-corrected chi connectivity index (χ2v) is 5.02. The van der Waals surface area contributed by atoms with Gasteiger partial charge >= 0.3 is 5.97 Å². The van der Waals surface area contributed by atoms with Crippen molar-refractivity contribution < 1.29 is 14.3 Å². The van der Waals surface area contributed by atoms with E-state index in [4.69, 9.17) is 9.47 Å². The Hall–Kier alpha value is -2.83. The summed E-state index contributed by atoms with van der Waals surface area (Å²) in [5, 5.41) is 0. The fourth-order valence-corrected chi connectivity index (χ4v) is 2.53. The Morgan fingerprint density at radius 2 is 2.00 bits per heavy atom. The lowest BCUT2D eigenvalue weighted by atomic mass is 10.3. The largest absolute Gasteiger partial charge is 0.497 e. The highest BCUT2D eigenvalue weighted by molar-refractivity contribution is 5.88. The van der Waals surface area contributed by atoms with Gasteiger partial charge in [-0.1, -0.05) is 0 Å². The standard InChI is InChI=1S/C16H17N3O4/c1-3-23-15(21)13-10-18-8-9-19(16(18)17-14(13)20)11-4-6-12(22-2)7-5-11/h4-7,10H,3,8-9H2,1-2H3. The Morgan fingerprint density at radius 3 is 2.65 bits per heavy atom. The van der Waals surface area contributed by atoms with Crippen molar-refractivity contribution in [2.45, 2.75) is 13.5 Å². The van der Waals surface area contributed by atoms with Crippen molar-refractivity contribution in [1.29, 1.82) is 0 Å². The van der Waals surface area contributed by atoms with Crippen LogP contribution in [0.15, 0.2) is 35.3 Å². The Morgan fingerprint density at radius 1 is 1.26 bits per heavy atom. The van der Waals surface area contributed by atoms with Crippen molar-refractivity contribution in [3.8, 4) is 5.75 Å². The maximum Gasteiger partial charge on any atom is 0.345 e. The molecule has 0 atom stereocenters. The number of hydrogen-bond donors (Lipinski definition) is 0. The lowest BCUT2D eigenvalue weighted by Crippen LogP contribution is -2.24. The third-order valence-corrected chi connectivity index (χ3v) is 3.66. The molecule has 0 fully saturated rings. The number of hydrogen-bond acceptors (Lipinski definition) is 6. The Balaban J connectivity index is 1.95. The van der Waals surface area contributed by atoms with Gasteiger partial charge in [-0.3, -0.25) is 4.79 Å². The number of fused-ring (bicyclic) bond motifs is 1. The number of ether oxygens (including phenoxy) is 2. The first-order chi connectivity index (χ1) is 11.1. The van der Waals surface area contributed by atoms with Crippen LogP contribution in [0.4, 0.5) is 11.6 Å². The van der Waals surface area contributed by atoms with Crippen molar-refractivity contribution in [2.24, 2.45) is 0 Å². The molecule has 7 nitrogen and oxygen atoms in total. The van der Waals surface area contributed by atoms with Gasteiger partial charge in [0.25, 0.3) is 5.56 Å². The highest BCUT2D eigenvalue weighted by atomic mass is 16.5. The van der Waals surface area contributed by atoms with Crippen molar-refractivity contribution in [3.05, 3.63) is 46.4 Å². The van der Waals surface area contributed by atoms with Crippen LogP contribution < -0.4 is 15.2 Å². The highest BCUT2D eigenvalue weighted by Gasteiger charge is 2.25. The van der Waals surface area contributed by atoms with Gasteiger partial charge in [-0.2, -0.15) is 4.98 Å². The van der Waals surface area contributed by atoms with Crippen molar-refractivity contribution in [3.63, 3.8) is 0 Å². The zero-order valence-corrected chi connectivity index (χ0v) is 13.0. The molecule has 3 rings (SSSR count). The average molecular weight is 315 g/mol. The molecule has 0 saturated heterocycles. The lowest BCUT2D eigenvalue weighted by molar-refractivity contribution is 0.0523. The molecule has 7 heteroatoms. The monoisotopic (exact) mass is 315 g/mol. The average Bonchev–Trinajstić information content (AvgIpc) is 2.97. The summed E-state index contributed by atoms with van der Waals surface area (Å²) in [6, 6.07) is 7.51. The van der Waals surface area contributed by atoms with Gasteiger partial charge in [-0.25, -0.2) is 4.79 Å². The summed E-state index contributed by atoms with van der Waals surface area (Å²) < 4.78 is 11.8. The molecule has 23 heavy (non-hydrogen) atoms. The molecule has 1 aromatic carbocycles. The van der Waals surface area contributed by atoms with Gasteiger partial charge in [0.05, 0.1) is 13.7 Å². The number of benzene rings is 1.